The molecule has 0 aromatic carbocycles. The second-order valence-electron chi connectivity index (χ2n) is 4.06. The molecule has 3 N–H and O–H groups in total. The summed E-state index contributed by atoms with van der Waals surface area (Å²) in [7, 11) is -3.55. The second-order valence-corrected chi connectivity index (χ2v) is 5.93. The van der Waals surface area contributed by atoms with E-state index in [1.807, 2.05) is 0 Å². The smallest absolute Gasteiger partial charge is 0.304 e. The quantitative estimate of drug-likeness (QED) is 0.592. The minimum atomic E-state index is -3.55. The first-order chi connectivity index (χ1) is 7.44. The van der Waals surface area contributed by atoms with Crippen molar-refractivity contribution in [2.24, 2.45) is 5.92 Å². The topological polar surface area (TPSA) is 104 Å². The Bertz CT molecular complexity index is 340. The van der Waals surface area contributed by atoms with Gasteiger partial charge in [0.25, 0.3) is 0 Å². The fourth-order valence-electron chi connectivity index (χ4n) is 1.92. The van der Waals surface area contributed by atoms with E-state index in [2.05, 4.69) is 4.72 Å². The first kappa shape index (κ1) is 13.4. The molecule has 0 amide bonds. The number of carboxylic acids is 1. The average Bonchev–Trinajstić information content (AvgIpc) is 2.61. The maximum atomic E-state index is 11.5. The van der Waals surface area contributed by atoms with Crippen LogP contribution in [-0.4, -0.2) is 43.0 Å². The summed E-state index contributed by atoms with van der Waals surface area (Å²) in [6.07, 6.45) is 2.00. The van der Waals surface area contributed by atoms with Crippen LogP contribution in [0.3, 0.4) is 0 Å². The largest absolute Gasteiger partial charge is 0.481 e. The molecule has 0 saturated heterocycles. The molecule has 1 rings (SSSR count). The van der Waals surface area contributed by atoms with Gasteiger partial charge in [-0.15, -0.1) is 0 Å². The fourth-order valence-corrected chi connectivity index (χ4v) is 3.25. The normalized spacial score (nSPS) is 25.8. The van der Waals surface area contributed by atoms with Crippen LogP contribution in [0.25, 0.3) is 0 Å². The zero-order chi connectivity index (χ0) is 12.2. The van der Waals surface area contributed by atoms with Crippen molar-refractivity contribution in [1.82, 2.24) is 4.72 Å². The Morgan fingerprint density at radius 3 is 2.62 bits per heavy atom. The number of carboxylic acid groups (broad SMARTS) is 1. The van der Waals surface area contributed by atoms with Gasteiger partial charge in [0.15, 0.2) is 0 Å². The zero-order valence-corrected chi connectivity index (χ0v) is 9.74. The van der Waals surface area contributed by atoms with E-state index < -0.39 is 28.2 Å². The maximum Gasteiger partial charge on any atom is 0.304 e. The van der Waals surface area contributed by atoms with Gasteiger partial charge in [0.05, 0.1) is 12.2 Å². The van der Waals surface area contributed by atoms with Crippen molar-refractivity contribution in [3.05, 3.63) is 0 Å². The van der Waals surface area contributed by atoms with Gasteiger partial charge in [-0.3, -0.25) is 4.79 Å². The zero-order valence-electron chi connectivity index (χ0n) is 8.92. The van der Waals surface area contributed by atoms with Crippen LogP contribution < -0.4 is 4.72 Å². The van der Waals surface area contributed by atoms with Gasteiger partial charge in [-0.25, -0.2) is 13.1 Å². The Balaban J connectivity index is 2.48. The maximum absolute atomic E-state index is 11.5. The van der Waals surface area contributed by atoms with Gasteiger partial charge in [-0.05, 0) is 18.8 Å². The summed E-state index contributed by atoms with van der Waals surface area (Å²) in [6.45, 7) is -0.0356. The lowest BCUT2D eigenvalue weighted by atomic mass is 10.1. The van der Waals surface area contributed by atoms with E-state index in [-0.39, 0.29) is 18.6 Å². The van der Waals surface area contributed by atoms with Gasteiger partial charge < -0.3 is 10.2 Å². The van der Waals surface area contributed by atoms with E-state index in [0.29, 0.717) is 6.42 Å². The van der Waals surface area contributed by atoms with Gasteiger partial charge >= 0.3 is 5.97 Å². The van der Waals surface area contributed by atoms with E-state index in [4.69, 9.17) is 10.2 Å². The molecule has 1 aliphatic carbocycles. The number of aliphatic hydroxyl groups excluding tert-OH is 1. The Morgan fingerprint density at radius 2 is 2.06 bits per heavy atom. The predicted molar refractivity (Wildman–Crippen MR) is 57.4 cm³/mol. The predicted octanol–water partition coefficient (Wildman–Crippen LogP) is -0.458. The highest BCUT2D eigenvalue weighted by Crippen LogP contribution is 2.25. The molecular formula is C9H17NO5S. The Morgan fingerprint density at radius 1 is 1.38 bits per heavy atom. The fraction of sp³-hybridized carbons (Fsp3) is 0.889. The van der Waals surface area contributed by atoms with Gasteiger partial charge in [-0.1, -0.05) is 6.42 Å². The lowest BCUT2D eigenvalue weighted by Crippen LogP contribution is -2.40. The van der Waals surface area contributed by atoms with E-state index >= 15 is 0 Å². The molecule has 6 nitrogen and oxygen atoms in total. The Labute approximate surface area is 94.7 Å². The molecule has 1 fully saturated rings. The van der Waals surface area contributed by atoms with Crippen LogP contribution in [0.4, 0.5) is 0 Å². The second kappa shape index (κ2) is 5.60. The van der Waals surface area contributed by atoms with Crippen molar-refractivity contribution >= 4 is 16.0 Å². The molecule has 0 spiro atoms. The number of rotatable bonds is 6. The van der Waals surface area contributed by atoms with E-state index in [0.717, 1.165) is 12.8 Å². The highest BCUT2D eigenvalue weighted by molar-refractivity contribution is 7.89. The summed E-state index contributed by atoms with van der Waals surface area (Å²) in [6, 6.07) is -0.246. The Hall–Kier alpha value is -0.660. The number of hydrogen-bond acceptors (Lipinski definition) is 4. The van der Waals surface area contributed by atoms with Crippen molar-refractivity contribution in [2.75, 3.05) is 12.4 Å². The van der Waals surface area contributed by atoms with Crippen LogP contribution >= 0.6 is 0 Å². The van der Waals surface area contributed by atoms with Crippen LogP contribution in [0, 0.1) is 5.92 Å². The number of aliphatic carboxylic acids is 1. The first-order valence-electron chi connectivity index (χ1n) is 5.27. The summed E-state index contributed by atoms with van der Waals surface area (Å²) in [5, 5.41) is 17.4. The molecule has 1 aliphatic rings. The number of nitrogens with one attached hydrogen (secondary N) is 1. The lowest BCUT2D eigenvalue weighted by molar-refractivity contribution is -0.136. The van der Waals surface area contributed by atoms with E-state index in [9.17, 15) is 13.2 Å². The molecule has 7 heteroatoms. The molecule has 94 valence electrons. The van der Waals surface area contributed by atoms with Crippen LogP contribution in [0.5, 0.6) is 0 Å². The van der Waals surface area contributed by atoms with Crippen molar-refractivity contribution in [2.45, 2.75) is 31.7 Å². The van der Waals surface area contributed by atoms with Crippen molar-refractivity contribution in [1.29, 1.82) is 0 Å². The summed E-state index contributed by atoms with van der Waals surface area (Å²) in [5.41, 5.74) is 0. The third-order valence-corrected chi connectivity index (χ3v) is 4.21. The van der Waals surface area contributed by atoms with Gasteiger partial charge in [-0.2, -0.15) is 0 Å². The molecule has 0 aromatic rings. The summed E-state index contributed by atoms with van der Waals surface area (Å²) < 4.78 is 25.5. The van der Waals surface area contributed by atoms with Gasteiger partial charge in [0, 0.05) is 12.6 Å². The third-order valence-electron chi connectivity index (χ3n) is 2.81. The van der Waals surface area contributed by atoms with Crippen LogP contribution in [0.2, 0.25) is 0 Å². The van der Waals surface area contributed by atoms with E-state index in [1.165, 1.54) is 0 Å². The monoisotopic (exact) mass is 251 g/mol. The molecule has 16 heavy (non-hydrogen) atoms. The van der Waals surface area contributed by atoms with Crippen LogP contribution in [0.15, 0.2) is 0 Å². The Kier molecular flexibility index (Phi) is 4.69. The highest BCUT2D eigenvalue weighted by Gasteiger charge is 2.30. The molecule has 0 heterocycles. The van der Waals surface area contributed by atoms with Crippen molar-refractivity contribution < 1.29 is 23.4 Å². The molecule has 2 unspecified atom stereocenters. The SMILES string of the molecule is O=C(O)CCS(=O)(=O)NC1CCCC1CO. The average molecular weight is 251 g/mol. The van der Waals surface area contributed by atoms with Crippen LogP contribution in [-0.2, 0) is 14.8 Å². The summed E-state index contributed by atoms with van der Waals surface area (Å²) in [4.78, 5) is 10.3. The lowest BCUT2D eigenvalue weighted by Gasteiger charge is -2.18. The van der Waals surface area contributed by atoms with Gasteiger partial charge in [0.2, 0.25) is 10.0 Å². The number of hydrogen-bond donors (Lipinski definition) is 3. The molecule has 2 atom stereocenters. The molecule has 1 saturated carbocycles. The van der Waals surface area contributed by atoms with Crippen LogP contribution in [0.1, 0.15) is 25.7 Å². The molecule has 0 bridgehead atoms. The highest BCUT2D eigenvalue weighted by atomic mass is 32.2. The first-order valence-corrected chi connectivity index (χ1v) is 6.92. The van der Waals surface area contributed by atoms with Crippen molar-refractivity contribution in [3.8, 4) is 0 Å². The minimum Gasteiger partial charge on any atom is -0.481 e. The summed E-state index contributed by atoms with van der Waals surface area (Å²) >= 11 is 0. The molecule has 0 aliphatic heterocycles. The number of sulfonamides is 1. The number of carbonyl (C=O) groups is 1. The number of aliphatic hydroxyl groups is 1. The van der Waals surface area contributed by atoms with E-state index in [1.54, 1.807) is 0 Å². The third kappa shape index (κ3) is 4.07. The molecule has 0 aromatic heterocycles. The van der Waals surface area contributed by atoms with Crippen molar-refractivity contribution in [3.63, 3.8) is 0 Å². The molecule has 0 radical (unpaired) electrons. The molecular weight excluding hydrogens is 234 g/mol. The van der Waals surface area contributed by atoms with Gasteiger partial charge in [0.1, 0.15) is 0 Å². The summed E-state index contributed by atoms with van der Waals surface area (Å²) in [5.74, 6) is -1.58. The standard InChI is InChI=1S/C9H17NO5S/c11-6-7-2-1-3-8(7)10-16(14,15)5-4-9(12)13/h7-8,10-11H,1-6H2,(H,12,13). The minimum absolute atomic E-state index is 0.0356.